The van der Waals surface area contributed by atoms with Gasteiger partial charge in [0, 0.05) is 25.3 Å². The Bertz CT molecular complexity index is 300. The van der Waals surface area contributed by atoms with Crippen molar-refractivity contribution in [3.63, 3.8) is 0 Å². The van der Waals surface area contributed by atoms with Crippen molar-refractivity contribution in [2.75, 3.05) is 18.5 Å². The molecular weight excluding hydrogens is 183 g/mol. The standard InChI is InChI=1S/C10H13FN2O/c11-8-5-10(7-12-6-8)13-9-1-3-14-4-2-9/h5-7,9,13H,1-4H2. The maximum absolute atomic E-state index is 12.8. The van der Waals surface area contributed by atoms with Crippen LogP contribution >= 0.6 is 0 Å². The average Bonchev–Trinajstić information content (AvgIpc) is 2.19. The molecule has 1 aliphatic rings. The Morgan fingerprint density at radius 1 is 1.36 bits per heavy atom. The number of anilines is 1. The van der Waals surface area contributed by atoms with Crippen molar-refractivity contribution in [2.24, 2.45) is 0 Å². The number of aromatic nitrogens is 1. The molecule has 0 radical (unpaired) electrons. The van der Waals surface area contributed by atoms with Crippen molar-refractivity contribution in [1.29, 1.82) is 0 Å². The fourth-order valence-corrected chi connectivity index (χ4v) is 1.57. The van der Waals surface area contributed by atoms with E-state index >= 15 is 0 Å². The van der Waals surface area contributed by atoms with Crippen molar-refractivity contribution in [3.05, 3.63) is 24.3 Å². The molecule has 0 aromatic carbocycles. The van der Waals surface area contributed by atoms with Gasteiger partial charge in [-0.05, 0) is 12.8 Å². The summed E-state index contributed by atoms with van der Waals surface area (Å²) in [4.78, 5) is 3.78. The van der Waals surface area contributed by atoms with Crippen molar-refractivity contribution in [2.45, 2.75) is 18.9 Å². The summed E-state index contributed by atoms with van der Waals surface area (Å²) in [6.45, 7) is 1.56. The van der Waals surface area contributed by atoms with Crippen molar-refractivity contribution in [3.8, 4) is 0 Å². The first-order valence-corrected chi connectivity index (χ1v) is 4.79. The predicted molar refractivity (Wildman–Crippen MR) is 51.7 cm³/mol. The zero-order chi connectivity index (χ0) is 9.80. The Hall–Kier alpha value is -1.16. The Labute approximate surface area is 82.3 Å². The van der Waals surface area contributed by atoms with Gasteiger partial charge in [0.2, 0.25) is 0 Å². The Morgan fingerprint density at radius 3 is 2.86 bits per heavy atom. The molecule has 0 aliphatic carbocycles. The van der Waals surface area contributed by atoms with Gasteiger partial charge in [-0.1, -0.05) is 0 Å². The highest BCUT2D eigenvalue weighted by atomic mass is 19.1. The maximum Gasteiger partial charge on any atom is 0.143 e. The minimum Gasteiger partial charge on any atom is -0.381 e. The van der Waals surface area contributed by atoms with E-state index in [1.165, 1.54) is 12.3 Å². The number of rotatable bonds is 2. The first-order chi connectivity index (χ1) is 6.84. The average molecular weight is 196 g/mol. The molecule has 76 valence electrons. The number of nitrogens with one attached hydrogen (secondary N) is 1. The van der Waals surface area contributed by atoms with Crippen LogP contribution in [-0.4, -0.2) is 24.2 Å². The van der Waals surface area contributed by atoms with E-state index in [2.05, 4.69) is 10.3 Å². The van der Waals surface area contributed by atoms with E-state index in [0.29, 0.717) is 6.04 Å². The molecule has 0 spiro atoms. The molecule has 1 N–H and O–H groups in total. The van der Waals surface area contributed by atoms with Crippen LogP contribution in [0.15, 0.2) is 18.5 Å². The van der Waals surface area contributed by atoms with Gasteiger partial charge < -0.3 is 10.1 Å². The predicted octanol–water partition coefficient (Wildman–Crippen LogP) is 1.81. The Morgan fingerprint density at radius 2 is 2.14 bits per heavy atom. The molecule has 3 nitrogen and oxygen atoms in total. The van der Waals surface area contributed by atoms with Crippen molar-refractivity contribution >= 4 is 5.69 Å². The van der Waals surface area contributed by atoms with E-state index in [4.69, 9.17) is 4.74 Å². The molecule has 1 fully saturated rings. The van der Waals surface area contributed by atoms with Gasteiger partial charge in [0.25, 0.3) is 0 Å². The topological polar surface area (TPSA) is 34.2 Å². The van der Waals surface area contributed by atoms with Crippen molar-refractivity contribution in [1.82, 2.24) is 4.98 Å². The third-order valence-corrected chi connectivity index (χ3v) is 2.30. The molecule has 2 rings (SSSR count). The molecule has 0 amide bonds. The molecule has 0 saturated carbocycles. The van der Waals surface area contributed by atoms with Crippen LogP contribution in [0.5, 0.6) is 0 Å². The number of pyridine rings is 1. The molecular formula is C10H13FN2O. The molecule has 0 bridgehead atoms. The normalized spacial score (nSPS) is 18.1. The van der Waals surface area contributed by atoms with Gasteiger partial charge in [-0.15, -0.1) is 0 Å². The third-order valence-electron chi connectivity index (χ3n) is 2.30. The van der Waals surface area contributed by atoms with Crippen LogP contribution in [0.1, 0.15) is 12.8 Å². The molecule has 1 saturated heterocycles. The number of hydrogen-bond acceptors (Lipinski definition) is 3. The molecule has 1 aromatic heterocycles. The molecule has 0 unspecified atom stereocenters. The minimum atomic E-state index is -0.304. The zero-order valence-corrected chi connectivity index (χ0v) is 7.87. The van der Waals surface area contributed by atoms with Crippen LogP contribution in [0.4, 0.5) is 10.1 Å². The summed E-state index contributed by atoms with van der Waals surface area (Å²) in [5, 5.41) is 3.24. The lowest BCUT2D eigenvalue weighted by atomic mass is 10.1. The second-order valence-electron chi connectivity index (χ2n) is 3.42. The van der Waals surface area contributed by atoms with E-state index in [1.807, 2.05) is 0 Å². The van der Waals surface area contributed by atoms with E-state index in [1.54, 1.807) is 6.20 Å². The van der Waals surface area contributed by atoms with Gasteiger partial charge in [0.05, 0.1) is 18.1 Å². The number of ether oxygens (including phenoxy) is 1. The fraction of sp³-hybridized carbons (Fsp3) is 0.500. The molecule has 1 aliphatic heterocycles. The zero-order valence-electron chi connectivity index (χ0n) is 7.87. The van der Waals surface area contributed by atoms with Crippen LogP contribution in [0.3, 0.4) is 0 Å². The third kappa shape index (κ3) is 2.42. The van der Waals surface area contributed by atoms with Crippen LogP contribution < -0.4 is 5.32 Å². The van der Waals surface area contributed by atoms with Gasteiger partial charge in [0.15, 0.2) is 0 Å². The van der Waals surface area contributed by atoms with Gasteiger partial charge >= 0.3 is 0 Å². The SMILES string of the molecule is Fc1cncc(NC2CCOCC2)c1. The van der Waals surface area contributed by atoms with Gasteiger partial charge in [-0.3, -0.25) is 4.98 Å². The molecule has 2 heterocycles. The summed E-state index contributed by atoms with van der Waals surface area (Å²) in [5.74, 6) is -0.304. The molecule has 1 aromatic rings. The van der Waals surface area contributed by atoms with E-state index in [-0.39, 0.29) is 5.82 Å². The highest BCUT2D eigenvalue weighted by molar-refractivity contribution is 5.41. The maximum atomic E-state index is 12.8. The first-order valence-electron chi connectivity index (χ1n) is 4.79. The van der Waals surface area contributed by atoms with Crippen molar-refractivity contribution < 1.29 is 9.13 Å². The number of hydrogen-bond donors (Lipinski definition) is 1. The lowest BCUT2D eigenvalue weighted by Gasteiger charge is -2.23. The van der Waals surface area contributed by atoms with Gasteiger partial charge in [-0.2, -0.15) is 0 Å². The van der Waals surface area contributed by atoms with Gasteiger partial charge in [-0.25, -0.2) is 4.39 Å². The summed E-state index contributed by atoms with van der Waals surface area (Å²) < 4.78 is 18.0. The van der Waals surface area contributed by atoms with Crippen LogP contribution in [0.25, 0.3) is 0 Å². The molecule has 4 heteroatoms. The second kappa shape index (κ2) is 4.37. The van der Waals surface area contributed by atoms with Gasteiger partial charge in [0.1, 0.15) is 5.82 Å². The summed E-state index contributed by atoms with van der Waals surface area (Å²) in [7, 11) is 0. The highest BCUT2D eigenvalue weighted by Gasteiger charge is 2.13. The largest absolute Gasteiger partial charge is 0.381 e. The second-order valence-corrected chi connectivity index (χ2v) is 3.42. The number of halogens is 1. The quantitative estimate of drug-likeness (QED) is 0.783. The smallest absolute Gasteiger partial charge is 0.143 e. The van der Waals surface area contributed by atoms with Crippen LogP contribution in [0, 0.1) is 5.82 Å². The lowest BCUT2D eigenvalue weighted by molar-refractivity contribution is 0.0904. The van der Waals surface area contributed by atoms with Crippen LogP contribution in [0.2, 0.25) is 0 Å². The fourth-order valence-electron chi connectivity index (χ4n) is 1.57. The Balaban J connectivity index is 1.95. The van der Waals surface area contributed by atoms with Crippen LogP contribution in [-0.2, 0) is 4.74 Å². The molecule has 14 heavy (non-hydrogen) atoms. The van der Waals surface area contributed by atoms with E-state index in [0.717, 1.165) is 31.7 Å². The summed E-state index contributed by atoms with van der Waals surface area (Å²) in [6, 6.07) is 1.84. The first kappa shape index (κ1) is 9.40. The number of nitrogens with zero attached hydrogens (tertiary/aromatic N) is 1. The summed E-state index contributed by atoms with van der Waals surface area (Å²) in [6.07, 6.45) is 4.78. The summed E-state index contributed by atoms with van der Waals surface area (Å²) in [5.41, 5.74) is 0.747. The van der Waals surface area contributed by atoms with E-state index in [9.17, 15) is 4.39 Å². The summed E-state index contributed by atoms with van der Waals surface area (Å²) >= 11 is 0. The lowest BCUT2D eigenvalue weighted by Crippen LogP contribution is -2.27. The minimum absolute atomic E-state index is 0.304. The highest BCUT2D eigenvalue weighted by Crippen LogP contribution is 2.14. The monoisotopic (exact) mass is 196 g/mol. The Kier molecular flexibility index (Phi) is 2.93. The molecule has 0 atom stereocenters. The van der Waals surface area contributed by atoms with E-state index < -0.39 is 0 Å².